The number of benzene rings is 1. The number of hydrogen-bond acceptors (Lipinski definition) is 5. The van der Waals surface area contributed by atoms with Crippen LogP contribution in [0.1, 0.15) is 13.3 Å². The number of aliphatic carboxylic acids is 1. The quantitative estimate of drug-likeness (QED) is 0.806. The fourth-order valence-electron chi connectivity index (χ4n) is 3.63. The number of likely N-dealkylation sites (tertiary alicyclic amines) is 1. The predicted octanol–water partition coefficient (Wildman–Crippen LogP) is 2.13. The molecule has 2 fully saturated rings. The minimum atomic E-state index is -0.881. The van der Waals surface area contributed by atoms with Crippen LogP contribution in [0.25, 0.3) is 0 Å². The van der Waals surface area contributed by atoms with Gasteiger partial charge in [0, 0.05) is 30.5 Å². The van der Waals surface area contributed by atoms with Gasteiger partial charge in [0.15, 0.2) is 6.10 Å². The molecule has 0 radical (unpaired) electrons. The second kappa shape index (κ2) is 7.25. The average molecular weight is 365 g/mol. The molecule has 0 saturated carbocycles. The maximum atomic E-state index is 12.7. The van der Waals surface area contributed by atoms with Crippen LogP contribution in [0.5, 0.6) is 5.75 Å². The van der Waals surface area contributed by atoms with Gasteiger partial charge in [0.05, 0.1) is 12.0 Å². The van der Waals surface area contributed by atoms with Crippen molar-refractivity contribution in [3.63, 3.8) is 0 Å². The highest BCUT2D eigenvalue weighted by Gasteiger charge is 2.55. The summed E-state index contributed by atoms with van der Waals surface area (Å²) < 4.78 is 11.2. The Morgan fingerprint density at radius 3 is 2.72 bits per heavy atom. The Morgan fingerprint density at radius 2 is 2.12 bits per heavy atom. The molecule has 3 rings (SSSR count). The maximum Gasteiger partial charge on any atom is 0.311 e. The Hall–Kier alpha value is -1.73. The molecule has 3 atom stereocenters. The third-order valence-corrected chi connectivity index (χ3v) is 5.91. The van der Waals surface area contributed by atoms with E-state index in [4.69, 9.17) is 9.47 Å². The smallest absolute Gasteiger partial charge is 0.311 e. The van der Waals surface area contributed by atoms with Crippen LogP contribution in [0.2, 0.25) is 0 Å². The van der Waals surface area contributed by atoms with Gasteiger partial charge in [-0.1, -0.05) is 0 Å². The summed E-state index contributed by atoms with van der Waals surface area (Å²) in [6, 6.07) is 7.56. The van der Waals surface area contributed by atoms with Crippen LogP contribution in [0, 0.1) is 11.3 Å². The first kappa shape index (κ1) is 18.1. The van der Waals surface area contributed by atoms with Crippen molar-refractivity contribution in [2.45, 2.75) is 24.3 Å². The second-order valence-electron chi connectivity index (χ2n) is 6.64. The largest absolute Gasteiger partial charge is 0.481 e. The summed E-state index contributed by atoms with van der Waals surface area (Å²) >= 11 is 1.64. The third kappa shape index (κ3) is 3.48. The summed E-state index contributed by atoms with van der Waals surface area (Å²) in [5, 5.41) is 9.70. The number of amides is 1. The highest BCUT2D eigenvalue weighted by Crippen LogP contribution is 2.42. The minimum absolute atomic E-state index is 0.157. The van der Waals surface area contributed by atoms with Crippen LogP contribution in [0.3, 0.4) is 0 Å². The average Bonchev–Trinajstić information content (AvgIpc) is 3.02. The van der Waals surface area contributed by atoms with Gasteiger partial charge < -0.3 is 19.5 Å². The molecule has 1 N–H and O–H groups in total. The number of carbonyl (C=O) groups is 2. The maximum absolute atomic E-state index is 12.7. The standard InChI is InChI=1S/C18H23NO5S/c1-12(24-14-3-5-15(25-2)6-4-14)16(20)19-9-13-10-23-8-7-18(13,11-19)17(21)22/h3-6,12-13H,7-11H2,1-2H3,(H,21,22)/t12?,13-,18+/m0/s1. The van der Waals surface area contributed by atoms with Crippen LogP contribution in [-0.4, -0.2) is 60.5 Å². The SMILES string of the molecule is CSc1ccc(OC(C)C(=O)N2C[C@H]3COCC[C@@]3(C(=O)O)C2)cc1. The number of carboxylic acid groups (broad SMARTS) is 1. The van der Waals surface area contributed by atoms with Gasteiger partial charge in [-0.05, 0) is 43.9 Å². The van der Waals surface area contributed by atoms with Gasteiger partial charge in [-0.2, -0.15) is 0 Å². The Kier molecular flexibility index (Phi) is 5.24. The zero-order valence-electron chi connectivity index (χ0n) is 14.4. The molecule has 1 aromatic carbocycles. The number of nitrogens with zero attached hydrogens (tertiary/aromatic N) is 1. The van der Waals surface area contributed by atoms with Crippen molar-refractivity contribution in [1.29, 1.82) is 0 Å². The van der Waals surface area contributed by atoms with E-state index in [2.05, 4.69) is 0 Å². The fraction of sp³-hybridized carbons (Fsp3) is 0.556. The molecule has 2 aliphatic heterocycles. The normalized spacial score (nSPS) is 26.8. The molecule has 1 aromatic rings. The monoisotopic (exact) mass is 365 g/mol. The van der Waals surface area contributed by atoms with E-state index in [1.54, 1.807) is 23.6 Å². The lowest BCUT2D eigenvalue weighted by Crippen LogP contribution is -2.45. The summed E-state index contributed by atoms with van der Waals surface area (Å²) in [6.07, 6.45) is 1.78. The number of ether oxygens (including phenoxy) is 2. The summed E-state index contributed by atoms with van der Waals surface area (Å²) in [5.41, 5.74) is -0.881. The molecular formula is C18H23NO5S. The first-order chi connectivity index (χ1) is 12.0. The first-order valence-corrected chi connectivity index (χ1v) is 9.59. The number of hydrogen-bond donors (Lipinski definition) is 1. The zero-order chi connectivity index (χ0) is 18.0. The molecule has 0 spiro atoms. The molecule has 7 heteroatoms. The topological polar surface area (TPSA) is 76.1 Å². The predicted molar refractivity (Wildman–Crippen MR) is 93.9 cm³/mol. The highest BCUT2D eigenvalue weighted by molar-refractivity contribution is 7.98. The molecule has 6 nitrogen and oxygen atoms in total. The van der Waals surface area contributed by atoms with Crippen molar-refractivity contribution < 1.29 is 24.2 Å². The lowest BCUT2D eigenvalue weighted by molar-refractivity contribution is -0.157. The molecule has 2 aliphatic rings. The van der Waals surface area contributed by atoms with E-state index in [0.717, 1.165) is 4.90 Å². The summed E-state index contributed by atoms with van der Waals surface area (Å²) in [4.78, 5) is 27.3. The lowest BCUT2D eigenvalue weighted by Gasteiger charge is -2.33. The van der Waals surface area contributed by atoms with Crippen molar-refractivity contribution in [2.24, 2.45) is 11.3 Å². The van der Waals surface area contributed by atoms with Crippen LogP contribution in [0.15, 0.2) is 29.2 Å². The molecular weight excluding hydrogens is 342 g/mol. The van der Waals surface area contributed by atoms with Crippen molar-refractivity contribution >= 4 is 23.6 Å². The van der Waals surface area contributed by atoms with Crippen LogP contribution in [-0.2, 0) is 14.3 Å². The van der Waals surface area contributed by atoms with E-state index in [9.17, 15) is 14.7 Å². The molecule has 2 heterocycles. The van der Waals surface area contributed by atoms with Gasteiger partial charge in [-0.15, -0.1) is 11.8 Å². The van der Waals surface area contributed by atoms with Crippen LogP contribution < -0.4 is 4.74 Å². The van der Waals surface area contributed by atoms with Gasteiger partial charge in [-0.3, -0.25) is 9.59 Å². The number of carboxylic acids is 1. The minimum Gasteiger partial charge on any atom is -0.481 e. The number of rotatable bonds is 5. The van der Waals surface area contributed by atoms with E-state index >= 15 is 0 Å². The molecule has 25 heavy (non-hydrogen) atoms. The summed E-state index contributed by atoms with van der Waals surface area (Å²) in [7, 11) is 0. The lowest BCUT2D eigenvalue weighted by atomic mass is 9.74. The Balaban J connectivity index is 1.67. The zero-order valence-corrected chi connectivity index (χ0v) is 15.3. The van der Waals surface area contributed by atoms with Crippen molar-refractivity contribution in [3.05, 3.63) is 24.3 Å². The van der Waals surface area contributed by atoms with Crippen LogP contribution in [0.4, 0.5) is 0 Å². The van der Waals surface area contributed by atoms with Gasteiger partial charge in [0.25, 0.3) is 5.91 Å². The van der Waals surface area contributed by atoms with E-state index < -0.39 is 17.5 Å². The van der Waals surface area contributed by atoms with E-state index in [0.29, 0.717) is 31.9 Å². The molecule has 0 aliphatic carbocycles. The van der Waals surface area contributed by atoms with Gasteiger partial charge in [-0.25, -0.2) is 0 Å². The molecule has 1 unspecified atom stereocenters. The van der Waals surface area contributed by atoms with Gasteiger partial charge >= 0.3 is 5.97 Å². The third-order valence-electron chi connectivity index (χ3n) is 5.16. The Labute approximate surface area is 151 Å². The Bertz CT molecular complexity index is 649. The van der Waals surface area contributed by atoms with Crippen molar-refractivity contribution in [1.82, 2.24) is 4.90 Å². The summed E-state index contributed by atoms with van der Waals surface area (Å²) in [6.45, 7) is 3.16. The Morgan fingerprint density at radius 1 is 1.40 bits per heavy atom. The molecule has 0 bridgehead atoms. The first-order valence-electron chi connectivity index (χ1n) is 8.37. The second-order valence-corrected chi connectivity index (χ2v) is 7.52. The number of fused-ring (bicyclic) bond motifs is 1. The van der Waals surface area contributed by atoms with Crippen molar-refractivity contribution in [2.75, 3.05) is 32.6 Å². The highest BCUT2D eigenvalue weighted by atomic mass is 32.2. The molecule has 1 amide bonds. The molecule has 0 aromatic heterocycles. The van der Waals surface area contributed by atoms with E-state index in [1.807, 2.05) is 30.5 Å². The summed E-state index contributed by atoms with van der Waals surface area (Å²) in [5.74, 6) is -0.538. The van der Waals surface area contributed by atoms with E-state index in [1.165, 1.54) is 0 Å². The van der Waals surface area contributed by atoms with Crippen molar-refractivity contribution in [3.8, 4) is 5.75 Å². The molecule has 136 valence electrons. The number of carbonyl (C=O) groups excluding carboxylic acids is 1. The van der Waals surface area contributed by atoms with Gasteiger partial charge in [0.2, 0.25) is 0 Å². The van der Waals surface area contributed by atoms with Crippen LogP contribution >= 0.6 is 11.8 Å². The van der Waals surface area contributed by atoms with E-state index in [-0.39, 0.29) is 18.4 Å². The van der Waals surface area contributed by atoms with Gasteiger partial charge in [0.1, 0.15) is 5.75 Å². The fourth-order valence-corrected chi connectivity index (χ4v) is 4.04. The molecule has 2 saturated heterocycles. The number of thioether (sulfide) groups is 1.